The van der Waals surface area contributed by atoms with Gasteiger partial charge in [0.15, 0.2) is 5.83 Å². The van der Waals surface area contributed by atoms with E-state index in [1.807, 2.05) is 0 Å². The Morgan fingerprint density at radius 2 is 1.69 bits per heavy atom. The van der Waals surface area contributed by atoms with Crippen molar-refractivity contribution in [3.63, 3.8) is 0 Å². The topological polar surface area (TPSA) is 86.3 Å². The van der Waals surface area contributed by atoms with Gasteiger partial charge in [-0.15, -0.1) is 0 Å². The maximum atomic E-state index is 12.3. The second-order valence-corrected chi connectivity index (χ2v) is 1.94. The molecule has 6 nitrogen and oxygen atoms in total. The molecule has 0 aliphatic carbocycles. The van der Waals surface area contributed by atoms with Gasteiger partial charge in [0, 0.05) is 0 Å². The third kappa shape index (κ3) is 3.23. The Bertz CT molecular complexity index is 305. The first-order valence-corrected chi connectivity index (χ1v) is 2.90. The van der Waals surface area contributed by atoms with Gasteiger partial charge in [-0.1, -0.05) is 6.58 Å². The normalized spacial score (nSPS) is 10.7. The van der Waals surface area contributed by atoms with Crippen LogP contribution in [0.3, 0.4) is 0 Å². The van der Waals surface area contributed by atoms with Gasteiger partial charge in [0.25, 0.3) is 5.70 Å². The molecule has 0 bridgehead atoms. The number of rotatable bonds is 4. The van der Waals surface area contributed by atoms with Crippen LogP contribution in [-0.2, 0) is 0 Å². The quantitative estimate of drug-likeness (QED) is 0.379. The van der Waals surface area contributed by atoms with Crippen LogP contribution in [0.5, 0.6) is 0 Å². The highest BCUT2D eigenvalue weighted by Crippen LogP contribution is 2.12. The molecule has 0 aliphatic rings. The van der Waals surface area contributed by atoms with Crippen molar-refractivity contribution in [3.8, 4) is 0 Å². The second kappa shape index (κ2) is 4.10. The predicted molar refractivity (Wildman–Crippen MR) is 41.5 cm³/mol. The first kappa shape index (κ1) is 11.0. The summed E-state index contributed by atoms with van der Waals surface area (Å²) in [6.45, 7) is 5.52. The molecule has 0 radical (unpaired) electrons. The molecule has 0 spiro atoms. The average molecular weight is 188 g/mol. The van der Waals surface area contributed by atoms with E-state index in [2.05, 4.69) is 13.2 Å². The number of nitro groups is 2. The van der Waals surface area contributed by atoms with E-state index in [4.69, 9.17) is 0 Å². The Morgan fingerprint density at radius 3 is 1.92 bits per heavy atom. The first-order valence-electron chi connectivity index (χ1n) is 2.90. The summed E-state index contributed by atoms with van der Waals surface area (Å²) in [4.78, 5) is 18.0. The smallest absolute Gasteiger partial charge is 0.258 e. The molecule has 0 aromatic rings. The van der Waals surface area contributed by atoms with Crippen molar-refractivity contribution < 1.29 is 14.2 Å². The number of allylic oxidation sites excluding steroid dienone is 2. The van der Waals surface area contributed by atoms with Gasteiger partial charge in [0.1, 0.15) is 0 Å². The average Bonchev–Trinajstić information content (AvgIpc) is 1.97. The monoisotopic (exact) mass is 188 g/mol. The molecule has 0 aromatic carbocycles. The van der Waals surface area contributed by atoms with Crippen LogP contribution in [0.2, 0.25) is 0 Å². The predicted octanol–water partition coefficient (Wildman–Crippen LogP) is 1.42. The van der Waals surface area contributed by atoms with Crippen LogP contribution >= 0.6 is 0 Å². The highest BCUT2D eigenvalue weighted by atomic mass is 19.1. The third-order valence-electron chi connectivity index (χ3n) is 1.01. The summed E-state index contributed by atoms with van der Waals surface area (Å²) < 4.78 is 12.3. The van der Waals surface area contributed by atoms with Crippen LogP contribution in [0, 0.1) is 20.2 Å². The molecule has 0 N–H and O–H groups in total. The van der Waals surface area contributed by atoms with Gasteiger partial charge in [-0.25, -0.2) is 4.39 Å². The Hall–Kier alpha value is -2.05. The van der Waals surface area contributed by atoms with E-state index in [0.29, 0.717) is 6.08 Å². The lowest BCUT2D eigenvalue weighted by Gasteiger charge is -1.91. The fraction of sp³-hybridized carbons (Fsp3) is 0. The minimum atomic E-state index is -1.35. The zero-order valence-corrected chi connectivity index (χ0v) is 6.40. The molecular weight excluding hydrogens is 183 g/mol. The van der Waals surface area contributed by atoms with Crippen molar-refractivity contribution >= 4 is 0 Å². The van der Waals surface area contributed by atoms with Crippen LogP contribution in [0.4, 0.5) is 4.39 Å². The Morgan fingerprint density at radius 1 is 1.23 bits per heavy atom. The van der Waals surface area contributed by atoms with E-state index in [1.165, 1.54) is 0 Å². The van der Waals surface area contributed by atoms with E-state index in [0.717, 1.165) is 0 Å². The van der Waals surface area contributed by atoms with Gasteiger partial charge < -0.3 is 0 Å². The van der Waals surface area contributed by atoms with Crippen LogP contribution in [0.1, 0.15) is 0 Å². The van der Waals surface area contributed by atoms with Gasteiger partial charge >= 0.3 is 5.70 Å². The lowest BCUT2D eigenvalue weighted by atomic mass is 10.3. The molecule has 0 saturated heterocycles. The molecule has 0 aliphatic heterocycles. The molecule has 0 unspecified atom stereocenters. The van der Waals surface area contributed by atoms with Crippen LogP contribution in [0.25, 0.3) is 0 Å². The highest BCUT2D eigenvalue weighted by molar-refractivity contribution is 5.22. The molecule has 0 aromatic heterocycles. The summed E-state index contributed by atoms with van der Waals surface area (Å²) in [5, 5.41) is 20.0. The van der Waals surface area contributed by atoms with Crippen LogP contribution in [0.15, 0.2) is 36.5 Å². The Kier molecular flexibility index (Phi) is 3.45. The molecule has 13 heavy (non-hydrogen) atoms. The van der Waals surface area contributed by atoms with E-state index < -0.39 is 27.1 Å². The lowest BCUT2D eigenvalue weighted by molar-refractivity contribution is -0.432. The van der Waals surface area contributed by atoms with Crippen LogP contribution < -0.4 is 0 Å². The summed E-state index contributed by atoms with van der Waals surface area (Å²) >= 11 is 0. The molecule has 0 rings (SSSR count). The molecule has 0 saturated carbocycles. The Labute approximate surface area is 72.0 Å². The van der Waals surface area contributed by atoms with Gasteiger partial charge in [-0.05, 0) is 6.58 Å². The molecule has 0 heterocycles. The summed E-state index contributed by atoms with van der Waals surface area (Å²) in [7, 11) is 0. The molecule has 0 fully saturated rings. The number of halogens is 1. The number of hydrogen-bond acceptors (Lipinski definition) is 4. The minimum Gasteiger partial charge on any atom is -0.258 e. The van der Waals surface area contributed by atoms with Crippen molar-refractivity contribution in [2.24, 2.45) is 0 Å². The molecule has 70 valence electrons. The SMILES string of the molecule is C=C(F)/C(=C\C(=C)[N+](=O)[O-])[N+](=O)[O-]. The van der Waals surface area contributed by atoms with Gasteiger partial charge in [0.2, 0.25) is 0 Å². The molecule has 0 amide bonds. The van der Waals surface area contributed by atoms with Crippen molar-refractivity contribution in [1.82, 2.24) is 0 Å². The molecule has 7 heteroatoms. The van der Waals surface area contributed by atoms with Crippen molar-refractivity contribution in [1.29, 1.82) is 0 Å². The minimum absolute atomic E-state index is 0.405. The fourth-order valence-electron chi connectivity index (χ4n) is 0.441. The standard InChI is InChI=1S/C6H5FN2O4/c1-4(8(10)11)3-6(5(2)7)9(12)13/h3H,1-2H2/b6-3+. The zero-order valence-electron chi connectivity index (χ0n) is 6.40. The summed E-state index contributed by atoms with van der Waals surface area (Å²) in [5.74, 6) is -1.35. The second-order valence-electron chi connectivity index (χ2n) is 1.94. The highest BCUT2D eigenvalue weighted by Gasteiger charge is 2.19. The van der Waals surface area contributed by atoms with E-state index in [-0.39, 0.29) is 0 Å². The van der Waals surface area contributed by atoms with E-state index in [9.17, 15) is 24.6 Å². The maximum Gasteiger partial charge on any atom is 0.310 e. The van der Waals surface area contributed by atoms with Gasteiger partial charge in [-0.2, -0.15) is 0 Å². The summed E-state index contributed by atoms with van der Waals surface area (Å²) in [6.07, 6.45) is 0.405. The van der Waals surface area contributed by atoms with Crippen LogP contribution in [-0.4, -0.2) is 9.85 Å². The fourth-order valence-corrected chi connectivity index (χ4v) is 0.441. The van der Waals surface area contributed by atoms with E-state index in [1.54, 1.807) is 0 Å². The zero-order chi connectivity index (χ0) is 10.6. The molecule has 0 atom stereocenters. The lowest BCUT2D eigenvalue weighted by Crippen LogP contribution is -2.02. The van der Waals surface area contributed by atoms with Crippen molar-refractivity contribution in [3.05, 3.63) is 56.7 Å². The van der Waals surface area contributed by atoms with Gasteiger partial charge in [-0.3, -0.25) is 20.2 Å². The van der Waals surface area contributed by atoms with E-state index >= 15 is 0 Å². The third-order valence-corrected chi connectivity index (χ3v) is 1.01. The Balaban J connectivity index is 4.96. The summed E-state index contributed by atoms with van der Waals surface area (Å²) in [5.41, 5.74) is -1.84. The summed E-state index contributed by atoms with van der Waals surface area (Å²) in [6, 6.07) is 0. The number of nitrogens with zero attached hydrogens (tertiary/aromatic N) is 2. The molecular formula is C6H5FN2O4. The maximum absolute atomic E-state index is 12.3. The van der Waals surface area contributed by atoms with Crippen molar-refractivity contribution in [2.45, 2.75) is 0 Å². The van der Waals surface area contributed by atoms with Crippen molar-refractivity contribution in [2.75, 3.05) is 0 Å². The van der Waals surface area contributed by atoms with Gasteiger partial charge in [0.05, 0.1) is 15.9 Å². The number of hydrogen-bond donors (Lipinski definition) is 0. The largest absolute Gasteiger partial charge is 0.310 e. The first-order chi connectivity index (χ1) is 5.86.